The molecule has 0 saturated carbocycles. The van der Waals surface area contributed by atoms with Crippen molar-refractivity contribution >= 4 is 25.6 Å². The second kappa shape index (κ2) is 5.74. The quantitative estimate of drug-likeness (QED) is 0.652. The van der Waals surface area contributed by atoms with Gasteiger partial charge in [0.25, 0.3) is 0 Å². The van der Waals surface area contributed by atoms with E-state index in [-0.39, 0.29) is 18.2 Å². The van der Waals surface area contributed by atoms with E-state index < -0.39 is 31.4 Å². The van der Waals surface area contributed by atoms with Crippen molar-refractivity contribution in [2.24, 2.45) is 5.92 Å². The Labute approximate surface area is 96.4 Å². The number of hydrogen-bond donors (Lipinski definition) is 1. The zero-order valence-corrected chi connectivity index (χ0v) is 11.2. The molecule has 0 saturated heterocycles. The predicted molar refractivity (Wildman–Crippen MR) is 61.3 cm³/mol. The molecule has 0 radical (unpaired) electrons. The van der Waals surface area contributed by atoms with Crippen LogP contribution in [0, 0.1) is 5.92 Å². The zero-order valence-electron chi connectivity index (χ0n) is 9.56. The van der Waals surface area contributed by atoms with E-state index >= 15 is 0 Å². The minimum absolute atomic E-state index is 0.233. The van der Waals surface area contributed by atoms with Gasteiger partial charge in [0.15, 0.2) is 0 Å². The molecule has 0 aliphatic heterocycles. The number of nitrogens with one attached hydrogen (secondary N) is 1. The van der Waals surface area contributed by atoms with Gasteiger partial charge in [-0.15, -0.1) is 0 Å². The number of sulfone groups is 1. The molecule has 0 amide bonds. The lowest BCUT2D eigenvalue weighted by molar-refractivity contribution is -0.120. The maximum Gasteiger partial charge on any atom is 0.213 e. The lowest BCUT2D eigenvalue weighted by atomic mass is 10.1. The molecule has 0 rings (SSSR count). The molecule has 16 heavy (non-hydrogen) atoms. The normalized spacial score (nSPS) is 13.0. The first-order valence-electron chi connectivity index (χ1n) is 4.71. The van der Waals surface area contributed by atoms with Crippen molar-refractivity contribution in [1.82, 2.24) is 4.72 Å². The molecule has 8 heteroatoms. The second-order valence-electron chi connectivity index (χ2n) is 3.89. The van der Waals surface area contributed by atoms with Crippen LogP contribution < -0.4 is 4.72 Å². The summed E-state index contributed by atoms with van der Waals surface area (Å²) in [5.74, 6) is -1.45. The van der Waals surface area contributed by atoms with Crippen LogP contribution in [0.2, 0.25) is 0 Å². The van der Waals surface area contributed by atoms with Crippen molar-refractivity contribution in [3.05, 3.63) is 0 Å². The van der Waals surface area contributed by atoms with Gasteiger partial charge in [0.1, 0.15) is 15.6 Å². The van der Waals surface area contributed by atoms with Gasteiger partial charge in [0.2, 0.25) is 10.0 Å². The molecule has 96 valence electrons. The largest absolute Gasteiger partial charge is 0.298 e. The third-order valence-corrected chi connectivity index (χ3v) is 4.36. The maximum absolute atomic E-state index is 11.3. The van der Waals surface area contributed by atoms with Crippen molar-refractivity contribution in [3.8, 4) is 0 Å². The van der Waals surface area contributed by atoms with Crippen LogP contribution in [0.25, 0.3) is 0 Å². The van der Waals surface area contributed by atoms with Crippen LogP contribution in [0.4, 0.5) is 0 Å². The summed E-state index contributed by atoms with van der Waals surface area (Å²) >= 11 is 0. The molecule has 0 atom stereocenters. The third-order valence-electron chi connectivity index (χ3n) is 1.83. The van der Waals surface area contributed by atoms with E-state index in [1.165, 1.54) is 0 Å². The van der Waals surface area contributed by atoms with Crippen molar-refractivity contribution in [1.29, 1.82) is 0 Å². The van der Waals surface area contributed by atoms with E-state index in [4.69, 9.17) is 0 Å². The van der Waals surface area contributed by atoms with Crippen molar-refractivity contribution in [2.45, 2.75) is 13.8 Å². The van der Waals surface area contributed by atoms with Gasteiger partial charge >= 0.3 is 0 Å². The predicted octanol–water partition coefficient (Wildman–Crippen LogP) is -0.824. The van der Waals surface area contributed by atoms with Gasteiger partial charge in [-0.3, -0.25) is 4.79 Å². The fraction of sp³-hybridized carbons (Fsp3) is 0.875. The molecule has 0 bridgehead atoms. The topological polar surface area (TPSA) is 97.4 Å². The summed E-state index contributed by atoms with van der Waals surface area (Å²) < 4.78 is 46.2. The Balaban J connectivity index is 4.23. The minimum atomic E-state index is -3.69. The number of Topliss-reactive ketones (excluding diaryl/α,β-unsaturated/α-hetero) is 1. The van der Waals surface area contributed by atoms with E-state index in [1.807, 2.05) is 0 Å². The highest BCUT2D eigenvalue weighted by atomic mass is 32.2. The van der Waals surface area contributed by atoms with Crippen LogP contribution in [0.15, 0.2) is 0 Å². The maximum atomic E-state index is 11.3. The van der Waals surface area contributed by atoms with E-state index in [0.29, 0.717) is 0 Å². The summed E-state index contributed by atoms with van der Waals surface area (Å²) in [6.07, 6.45) is 0.960. The molecule has 0 aromatic heterocycles. The monoisotopic (exact) mass is 271 g/mol. The first kappa shape index (κ1) is 15.5. The van der Waals surface area contributed by atoms with Crippen LogP contribution >= 0.6 is 0 Å². The van der Waals surface area contributed by atoms with E-state index in [0.717, 1.165) is 6.26 Å². The first-order valence-corrected chi connectivity index (χ1v) is 8.42. The summed E-state index contributed by atoms with van der Waals surface area (Å²) in [4.78, 5) is 11.1. The summed E-state index contributed by atoms with van der Waals surface area (Å²) in [5.41, 5.74) is 0. The van der Waals surface area contributed by atoms with E-state index in [9.17, 15) is 21.6 Å². The fourth-order valence-corrected chi connectivity index (χ4v) is 3.31. The van der Waals surface area contributed by atoms with Gasteiger partial charge in [-0.25, -0.2) is 21.6 Å². The highest BCUT2D eigenvalue weighted by molar-refractivity contribution is 7.93. The Morgan fingerprint density at radius 3 is 2.00 bits per heavy atom. The zero-order chi connectivity index (χ0) is 13.0. The van der Waals surface area contributed by atoms with E-state index in [2.05, 4.69) is 4.72 Å². The van der Waals surface area contributed by atoms with Gasteiger partial charge < -0.3 is 0 Å². The van der Waals surface area contributed by atoms with Gasteiger partial charge in [-0.05, 0) is 0 Å². The Bertz CT molecular complexity index is 435. The molecule has 0 unspecified atom stereocenters. The highest BCUT2D eigenvalue weighted by Crippen LogP contribution is 1.94. The fourth-order valence-electron chi connectivity index (χ4n) is 0.718. The number of ketones is 1. The molecule has 0 spiro atoms. The average molecular weight is 271 g/mol. The van der Waals surface area contributed by atoms with Gasteiger partial charge in [0.05, 0.1) is 18.1 Å². The molecule has 0 aliphatic rings. The minimum Gasteiger partial charge on any atom is -0.298 e. The summed E-state index contributed by atoms with van der Waals surface area (Å²) in [6.45, 7) is 3.03. The molecule has 1 N–H and O–H groups in total. The van der Waals surface area contributed by atoms with Gasteiger partial charge in [-0.1, -0.05) is 13.8 Å². The number of carbonyl (C=O) groups is 1. The number of rotatable bonds is 7. The van der Waals surface area contributed by atoms with Crippen LogP contribution in [0.1, 0.15) is 13.8 Å². The third kappa shape index (κ3) is 7.77. The first-order chi connectivity index (χ1) is 7.03. The molecular formula is C8H17NO5S2. The lowest BCUT2D eigenvalue weighted by Gasteiger charge is -2.07. The standard InChI is InChI=1S/C8H17NO5S2/c1-7(2)8(10)6-9-16(13,14)5-4-15(3,11)12/h7,9H,4-6H2,1-3H3. The molecule has 6 nitrogen and oxygen atoms in total. The Kier molecular flexibility index (Phi) is 5.57. The Morgan fingerprint density at radius 1 is 1.12 bits per heavy atom. The van der Waals surface area contributed by atoms with Gasteiger partial charge in [0, 0.05) is 12.2 Å². The number of carbonyl (C=O) groups excluding carboxylic acids is 1. The molecule has 0 fully saturated rings. The summed E-state index contributed by atoms with van der Waals surface area (Å²) in [7, 11) is -7.01. The van der Waals surface area contributed by atoms with Crippen molar-refractivity contribution < 1.29 is 21.6 Å². The smallest absolute Gasteiger partial charge is 0.213 e. The van der Waals surface area contributed by atoms with Crippen LogP contribution in [0.3, 0.4) is 0 Å². The Morgan fingerprint density at radius 2 is 1.62 bits per heavy atom. The SMILES string of the molecule is CC(C)C(=O)CNS(=O)(=O)CCS(C)(=O)=O. The summed E-state index contributed by atoms with van der Waals surface area (Å²) in [5, 5.41) is 0. The van der Waals surface area contributed by atoms with Crippen molar-refractivity contribution in [2.75, 3.05) is 24.3 Å². The van der Waals surface area contributed by atoms with Crippen LogP contribution in [-0.2, 0) is 24.7 Å². The molecule has 0 heterocycles. The summed E-state index contributed by atoms with van der Waals surface area (Å²) in [6, 6.07) is 0. The molecule has 0 aromatic carbocycles. The highest BCUT2D eigenvalue weighted by Gasteiger charge is 2.16. The molecular weight excluding hydrogens is 254 g/mol. The average Bonchev–Trinajstić information content (AvgIpc) is 2.10. The number of sulfonamides is 1. The lowest BCUT2D eigenvalue weighted by Crippen LogP contribution is -2.34. The van der Waals surface area contributed by atoms with Crippen LogP contribution in [0.5, 0.6) is 0 Å². The van der Waals surface area contributed by atoms with Gasteiger partial charge in [-0.2, -0.15) is 0 Å². The van der Waals surface area contributed by atoms with Crippen molar-refractivity contribution in [3.63, 3.8) is 0 Å². The Hall–Kier alpha value is -0.470. The molecule has 0 aromatic rings. The van der Waals surface area contributed by atoms with Crippen LogP contribution in [-0.4, -0.2) is 46.9 Å². The number of hydrogen-bond acceptors (Lipinski definition) is 5. The molecule has 0 aliphatic carbocycles. The second-order valence-corrected chi connectivity index (χ2v) is 8.08. The van der Waals surface area contributed by atoms with E-state index in [1.54, 1.807) is 13.8 Å².